The normalized spacial score (nSPS) is 18.8. The molecule has 5 N–H and O–H groups in total. The van der Waals surface area contributed by atoms with E-state index >= 15 is 0 Å². The fraction of sp³-hybridized carbons (Fsp3) is 0.611. The van der Waals surface area contributed by atoms with Crippen LogP contribution in [-0.2, 0) is 4.79 Å². The van der Waals surface area contributed by atoms with E-state index in [1.54, 1.807) is 6.92 Å². The van der Waals surface area contributed by atoms with Gasteiger partial charge in [-0.15, -0.1) is 0 Å². The number of nitrogens with zero attached hydrogens (tertiary/aromatic N) is 1. The molecule has 0 heterocycles. The molecule has 2 rings (SSSR count). The first-order valence-electron chi connectivity index (χ1n) is 8.88. The van der Waals surface area contributed by atoms with Gasteiger partial charge in [-0.1, -0.05) is 38.0 Å². The number of anilines is 1. The summed E-state index contributed by atoms with van der Waals surface area (Å²) in [5, 5.41) is 25.1. The van der Waals surface area contributed by atoms with Crippen LogP contribution in [-0.4, -0.2) is 48.9 Å². The van der Waals surface area contributed by atoms with Crippen LogP contribution >= 0.6 is 0 Å². The lowest BCUT2D eigenvalue weighted by atomic mass is 9.79. The standard InChI is InChI=1S/C15H21NO2.C2H7BO2.CH5N/c1-16(13-8-3-2-4-9-13)11-12-7-5-6-10-14(12)15(17)18;1-2-3(4)5;1-2/h2-4,8-9,12,14H,5-7,10-11H2,1H3,(H,17,18);4-5H,2H2,1H3;2H2,1H3/t12-,14-;;/m0../s1. The predicted octanol–water partition coefficient (Wildman–Crippen LogP) is 2.07. The van der Waals surface area contributed by atoms with Gasteiger partial charge in [0.25, 0.3) is 0 Å². The molecule has 0 saturated heterocycles. The van der Waals surface area contributed by atoms with Crippen LogP contribution in [0, 0.1) is 11.8 Å². The number of aliphatic carboxylic acids is 1. The van der Waals surface area contributed by atoms with E-state index in [1.165, 1.54) is 7.05 Å². The first kappa shape index (κ1) is 23.4. The number of carboxylic acids is 1. The topological polar surface area (TPSA) is 107 Å². The van der Waals surface area contributed by atoms with E-state index in [4.69, 9.17) is 10.0 Å². The van der Waals surface area contributed by atoms with Crippen LogP contribution in [0.3, 0.4) is 0 Å². The van der Waals surface area contributed by atoms with Crippen LogP contribution in [0.15, 0.2) is 30.3 Å². The van der Waals surface area contributed by atoms with Gasteiger partial charge in [0, 0.05) is 19.3 Å². The van der Waals surface area contributed by atoms with Crippen LogP contribution in [0.1, 0.15) is 32.6 Å². The highest BCUT2D eigenvalue weighted by Crippen LogP contribution is 2.31. The molecule has 0 spiro atoms. The highest BCUT2D eigenvalue weighted by Gasteiger charge is 2.31. The Kier molecular flexibility index (Phi) is 12.8. The van der Waals surface area contributed by atoms with Gasteiger partial charge in [-0.3, -0.25) is 4.79 Å². The van der Waals surface area contributed by atoms with Gasteiger partial charge in [0.05, 0.1) is 5.92 Å². The average molecular weight is 352 g/mol. The van der Waals surface area contributed by atoms with Crippen molar-refractivity contribution >= 4 is 18.8 Å². The van der Waals surface area contributed by atoms with Gasteiger partial charge in [0.1, 0.15) is 0 Å². The lowest BCUT2D eigenvalue weighted by Gasteiger charge is -2.32. The van der Waals surface area contributed by atoms with E-state index in [0.29, 0.717) is 6.32 Å². The summed E-state index contributed by atoms with van der Waals surface area (Å²) >= 11 is 0. The highest BCUT2D eigenvalue weighted by atomic mass is 16.4. The molecule has 1 fully saturated rings. The number of hydrogen-bond acceptors (Lipinski definition) is 5. The number of benzene rings is 1. The lowest BCUT2D eigenvalue weighted by molar-refractivity contribution is -0.144. The summed E-state index contributed by atoms with van der Waals surface area (Å²) in [6.07, 6.45) is 4.51. The summed E-state index contributed by atoms with van der Waals surface area (Å²) in [5.74, 6) is -0.507. The van der Waals surface area contributed by atoms with E-state index in [9.17, 15) is 9.90 Å². The van der Waals surface area contributed by atoms with Gasteiger partial charge < -0.3 is 25.8 Å². The molecule has 0 radical (unpaired) electrons. The Labute approximate surface area is 151 Å². The Bertz CT molecular complexity index is 460. The third kappa shape index (κ3) is 9.48. The fourth-order valence-electron chi connectivity index (χ4n) is 2.89. The fourth-order valence-corrected chi connectivity index (χ4v) is 2.89. The Morgan fingerprint density at radius 3 is 2.20 bits per heavy atom. The first-order chi connectivity index (χ1) is 12.0. The SMILES string of the molecule is CCB(O)O.CN.CN(C[C@@H]1CCCC[C@@H]1C(=O)O)c1ccccc1. The molecule has 6 nitrogen and oxygen atoms in total. The van der Waals surface area contributed by atoms with Crippen molar-refractivity contribution in [3.63, 3.8) is 0 Å². The Morgan fingerprint density at radius 2 is 1.72 bits per heavy atom. The van der Waals surface area contributed by atoms with Crippen LogP contribution in [0.5, 0.6) is 0 Å². The van der Waals surface area contributed by atoms with Crippen molar-refractivity contribution < 1.29 is 19.9 Å². The molecule has 0 aliphatic heterocycles. The van der Waals surface area contributed by atoms with Gasteiger partial charge in [0.2, 0.25) is 0 Å². The minimum absolute atomic E-state index is 0.162. The number of nitrogens with two attached hydrogens (primary N) is 1. The Balaban J connectivity index is 0.000000710. The zero-order valence-corrected chi connectivity index (χ0v) is 15.6. The molecular weight excluding hydrogens is 319 g/mol. The number of para-hydroxylation sites is 1. The molecule has 25 heavy (non-hydrogen) atoms. The first-order valence-corrected chi connectivity index (χ1v) is 8.88. The summed E-state index contributed by atoms with van der Waals surface area (Å²) in [5.41, 5.74) is 5.66. The van der Waals surface area contributed by atoms with Crippen LogP contribution in [0.2, 0.25) is 6.32 Å². The molecule has 1 aliphatic carbocycles. The predicted molar refractivity (Wildman–Crippen MR) is 104 cm³/mol. The van der Waals surface area contributed by atoms with Crippen LogP contribution < -0.4 is 10.6 Å². The lowest BCUT2D eigenvalue weighted by Crippen LogP contribution is -2.35. The maximum absolute atomic E-state index is 11.3. The molecule has 0 bridgehead atoms. The third-order valence-electron chi connectivity index (χ3n) is 4.30. The quantitative estimate of drug-likeness (QED) is 0.605. The second-order valence-electron chi connectivity index (χ2n) is 6.09. The van der Waals surface area contributed by atoms with Crippen molar-refractivity contribution in [3.05, 3.63) is 30.3 Å². The smallest absolute Gasteiger partial charge is 0.451 e. The monoisotopic (exact) mass is 352 g/mol. The molecule has 1 saturated carbocycles. The van der Waals surface area contributed by atoms with Crippen molar-refractivity contribution in [2.24, 2.45) is 17.6 Å². The molecular formula is C18H33BN2O4. The Morgan fingerprint density at radius 1 is 1.20 bits per heavy atom. The van der Waals surface area contributed by atoms with E-state index in [-0.39, 0.29) is 11.8 Å². The minimum atomic E-state index is -1.12. The van der Waals surface area contributed by atoms with E-state index in [2.05, 4.69) is 22.8 Å². The van der Waals surface area contributed by atoms with Crippen LogP contribution in [0.25, 0.3) is 0 Å². The van der Waals surface area contributed by atoms with Crippen LogP contribution in [0.4, 0.5) is 5.69 Å². The summed E-state index contributed by atoms with van der Waals surface area (Å²) < 4.78 is 0. The molecule has 1 aliphatic rings. The summed E-state index contributed by atoms with van der Waals surface area (Å²) in [7, 11) is 2.43. The highest BCUT2D eigenvalue weighted by molar-refractivity contribution is 6.40. The molecule has 0 amide bonds. The maximum Gasteiger partial charge on any atom is 0.451 e. The van der Waals surface area contributed by atoms with Gasteiger partial charge in [-0.05, 0) is 44.3 Å². The number of hydrogen-bond donors (Lipinski definition) is 4. The number of rotatable bonds is 5. The second-order valence-corrected chi connectivity index (χ2v) is 6.09. The molecule has 7 heteroatoms. The van der Waals surface area contributed by atoms with Crippen molar-refractivity contribution in [1.82, 2.24) is 0 Å². The van der Waals surface area contributed by atoms with Gasteiger partial charge in [0.15, 0.2) is 0 Å². The average Bonchev–Trinajstić information content (AvgIpc) is 2.64. The molecule has 1 aromatic rings. The van der Waals surface area contributed by atoms with E-state index in [0.717, 1.165) is 37.9 Å². The van der Waals surface area contributed by atoms with Gasteiger partial charge >= 0.3 is 13.1 Å². The molecule has 0 aromatic heterocycles. The zero-order chi connectivity index (χ0) is 19.2. The van der Waals surface area contributed by atoms with Gasteiger partial charge in [-0.2, -0.15) is 0 Å². The van der Waals surface area contributed by atoms with Crippen molar-refractivity contribution in [2.45, 2.75) is 38.9 Å². The molecule has 0 unspecified atom stereocenters. The summed E-state index contributed by atoms with van der Waals surface area (Å²) in [6, 6.07) is 10.2. The largest absolute Gasteiger partial charge is 0.481 e. The molecule has 1 aromatic carbocycles. The van der Waals surface area contributed by atoms with Crippen molar-refractivity contribution in [1.29, 1.82) is 0 Å². The third-order valence-corrected chi connectivity index (χ3v) is 4.30. The number of carbonyl (C=O) groups is 1. The van der Waals surface area contributed by atoms with Crippen molar-refractivity contribution in [3.8, 4) is 0 Å². The van der Waals surface area contributed by atoms with Gasteiger partial charge in [-0.25, -0.2) is 0 Å². The summed E-state index contributed by atoms with van der Waals surface area (Å²) in [4.78, 5) is 13.4. The van der Waals surface area contributed by atoms with E-state index < -0.39 is 13.1 Å². The maximum atomic E-state index is 11.3. The summed E-state index contributed by atoms with van der Waals surface area (Å²) in [6.45, 7) is 2.53. The van der Waals surface area contributed by atoms with Crippen molar-refractivity contribution in [2.75, 3.05) is 25.5 Å². The van der Waals surface area contributed by atoms with E-state index in [1.807, 2.05) is 25.2 Å². The zero-order valence-electron chi connectivity index (χ0n) is 15.6. The second kappa shape index (κ2) is 13.7. The minimum Gasteiger partial charge on any atom is -0.481 e. The number of carboxylic acid groups (broad SMARTS) is 1. The molecule has 2 atom stereocenters. The molecule has 142 valence electrons. The Hall–Kier alpha value is -1.57.